The lowest BCUT2D eigenvalue weighted by atomic mass is 10.0. The van der Waals surface area contributed by atoms with Crippen LogP contribution in [-0.2, 0) is 0 Å². The number of benzene rings is 1. The van der Waals surface area contributed by atoms with Gasteiger partial charge in [-0.2, -0.15) is 0 Å². The Kier molecular flexibility index (Phi) is 5.12. The summed E-state index contributed by atoms with van der Waals surface area (Å²) >= 11 is 3.38. The molecule has 0 aliphatic rings. The van der Waals surface area contributed by atoms with Crippen LogP contribution in [0.2, 0.25) is 0 Å². The normalized spacial score (nSPS) is 12.9. The molecule has 15 heavy (non-hydrogen) atoms. The van der Waals surface area contributed by atoms with Gasteiger partial charge in [-0.25, -0.2) is 0 Å². The van der Waals surface area contributed by atoms with Gasteiger partial charge in [0.05, 0.1) is 6.61 Å². The molecule has 1 rings (SSSR count). The first-order valence-corrected chi connectivity index (χ1v) is 6.03. The quantitative estimate of drug-likeness (QED) is 0.893. The molecule has 1 aromatic carbocycles. The molecule has 0 aromatic heterocycles. The van der Waals surface area contributed by atoms with Crippen molar-refractivity contribution < 1.29 is 4.74 Å². The van der Waals surface area contributed by atoms with E-state index in [0.717, 1.165) is 16.6 Å². The third kappa shape index (κ3) is 4.67. The lowest BCUT2D eigenvalue weighted by Gasteiger charge is -2.15. The van der Waals surface area contributed by atoms with Gasteiger partial charge in [0, 0.05) is 10.5 Å². The molecule has 0 fully saturated rings. The molecule has 1 aromatic rings. The third-order valence-corrected chi connectivity index (χ3v) is 2.92. The zero-order chi connectivity index (χ0) is 11.3. The minimum Gasteiger partial charge on any atom is -0.494 e. The molecule has 0 saturated carbocycles. The summed E-state index contributed by atoms with van der Waals surface area (Å²) < 4.78 is 6.64. The molecule has 0 aliphatic carbocycles. The molecule has 0 amide bonds. The minimum absolute atomic E-state index is 0.223. The maximum Gasteiger partial charge on any atom is 0.119 e. The molecule has 1 atom stereocenters. The van der Waals surface area contributed by atoms with Crippen LogP contribution in [0.4, 0.5) is 0 Å². The summed E-state index contributed by atoms with van der Waals surface area (Å²) in [5.41, 5.74) is 5.92. The molecule has 0 radical (unpaired) electrons. The number of nitrogens with two attached hydrogens (primary N) is 1. The van der Waals surface area contributed by atoms with Crippen LogP contribution in [0.5, 0.6) is 5.75 Å². The highest BCUT2D eigenvalue weighted by Gasteiger charge is 2.06. The second-order valence-corrected chi connectivity index (χ2v) is 4.91. The van der Waals surface area contributed by atoms with Crippen LogP contribution in [0.25, 0.3) is 0 Å². The fourth-order valence-electron chi connectivity index (χ4n) is 1.18. The van der Waals surface area contributed by atoms with E-state index in [9.17, 15) is 0 Å². The van der Waals surface area contributed by atoms with Crippen LogP contribution in [0.3, 0.4) is 0 Å². The third-order valence-electron chi connectivity index (χ3n) is 2.39. The van der Waals surface area contributed by atoms with Gasteiger partial charge in [-0.3, -0.25) is 0 Å². The van der Waals surface area contributed by atoms with Crippen molar-refractivity contribution in [1.82, 2.24) is 0 Å². The maximum absolute atomic E-state index is 5.92. The molecule has 84 valence electrons. The first-order chi connectivity index (χ1) is 7.09. The zero-order valence-electron chi connectivity index (χ0n) is 9.24. The van der Waals surface area contributed by atoms with Gasteiger partial charge >= 0.3 is 0 Å². The fourth-order valence-corrected chi connectivity index (χ4v) is 1.44. The Balaban J connectivity index is 2.29. The van der Waals surface area contributed by atoms with Crippen LogP contribution < -0.4 is 10.5 Å². The van der Waals surface area contributed by atoms with Crippen molar-refractivity contribution in [2.24, 2.45) is 11.7 Å². The van der Waals surface area contributed by atoms with E-state index in [4.69, 9.17) is 10.5 Å². The Labute approximate surface area is 99.9 Å². The van der Waals surface area contributed by atoms with Gasteiger partial charge in [-0.15, -0.1) is 0 Å². The van der Waals surface area contributed by atoms with Gasteiger partial charge < -0.3 is 10.5 Å². The van der Waals surface area contributed by atoms with Crippen molar-refractivity contribution in [3.8, 4) is 5.75 Å². The molecule has 2 nitrogen and oxygen atoms in total. The zero-order valence-corrected chi connectivity index (χ0v) is 10.8. The van der Waals surface area contributed by atoms with E-state index in [2.05, 4.69) is 29.8 Å². The van der Waals surface area contributed by atoms with Crippen molar-refractivity contribution in [3.63, 3.8) is 0 Å². The van der Waals surface area contributed by atoms with E-state index in [1.807, 2.05) is 24.3 Å². The highest BCUT2D eigenvalue weighted by molar-refractivity contribution is 9.10. The molecule has 0 bridgehead atoms. The fraction of sp³-hybridized carbons (Fsp3) is 0.500. The monoisotopic (exact) mass is 271 g/mol. The summed E-state index contributed by atoms with van der Waals surface area (Å²) in [6.45, 7) is 4.94. The van der Waals surface area contributed by atoms with E-state index >= 15 is 0 Å². The molecule has 0 aliphatic heterocycles. The standard InChI is InChI=1S/C12H18BrNO/c1-9(2)12(14)7-8-15-11-5-3-10(13)4-6-11/h3-6,9,12H,7-8,14H2,1-2H3. The molecule has 2 N–H and O–H groups in total. The smallest absolute Gasteiger partial charge is 0.119 e. The molecule has 0 saturated heterocycles. The Morgan fingerprint density at radius 2 is 1.87 bits per heavy atom. The number of halogens is 1. The van der Waals surface area contributed by atoms with Gasteiger partial charge in [-0.05, 0) is 36.6 Å². The summed E-state index contributed by atoms with van der Waals surface area (Å²) in [5, 5.41) is 0. The highest BCUT2D eigenvalue weighted by Crippen LogP contribution is 2.16. The lowest BCUT2D eigenvalue weighted by Crippen LogP contribution is -2.28. The second kappa shape index (κ2) is 6.13. The maximum atomic E-state index is 5.92. The van der Waals surface area contributed by atoms with Crippen molar-refractivity contribution in [1.29, 1.82) is 0 Å². The molecular formula is C12H18BrNO. The largest absolute Gasteiger partial charge is 0.494 e. The van der Waals surface area contributed by atoms with Crippen molar-refractivity contribution in [2.75, 3.05) is 6.61 Å². The molecular weight excluding hydrogens is 254 g/mol. The SMILES string of the molecule is CC(C)C(N)CCOc1ccc(Br)cc1. The van der Waals surface area contributed by atoms with E-state index in [1.165, 1.54) is 0 Å². The number of hydrogen-bond acceptors (Lipinski definition) is 2. The highest BCUT2D eigenvalue weighted by atomic mass is 79.9. The molecule has 0 heterocycles. The van der Waals surface area contributed by atoms with Crippen LogP contribution in [-0.4, -0.2) is 12.6 Å². The predicted octanol–water partition coefficient (Wildman–Crippen LogP) is 3.20. The average Bonchev–Trinajstić information content (AvgIpc) is 2.20. The van der Waals surface area contributed by atoms with Crippen LogP contribution in [0.15, 0.2) is 28.7 Å². The second-order valence-electron chi connectivity index (χ2n) is 4.00. The van der Waals surface area contributed by atoms with Crippen molar-refractivity contribution in [3.05, 3.63) is 28.7 Å². The van der Waals surface area contributed by atoms with E-state index in [0.29, 0.717) is 12.5 Å². The van der Waals surface area contributed by atoms with E-state index < -0.39 is 0 Å². The summed E-state index contributed by atoms with van der Waals surface area (Å²) in [6.07, 6.45) is 0.897. The van der Waals surface area contributed by atoms with Gasteiger partial charge in [-0.1, -0.05) is 29.8 Å². The average molecular weight is 272 g/mol. The lowest BCUT2D eigenvalue weighted by molar-refractivity contribution is 0.282. The van der Waals surface area contributed by atoms with Gasteiger partial charge in [0.1, 0.15) is 5.75 Å². The van der Waals surface area contributed by atoms with Gasteiger partial charge in [0.25, 0.3) is 0 Å². The van der Waals surface area contributed by atoms with Gasteiger partial charge in [0.15, 0.2) is 0 Å². The Morgan fingerprint density at radius 3 is 2.40 bits per heavy atom. The Morgan fingerprint density at radius 1 is 1.27 bits per heavy atom. The van der Waals surface area contributed by atoms with Crippen LogP contribution in [0, 0.1) is 5.92 Å². The van der Waals surface area contributed by atoms with Crippen LogP contribution in [0.1, 0.15) is 20.3 Å². The first-order valence-electron chi connectivity index (χ1n) is 5.23. The van der Waals surface area contributed by atoms with Crippen LogP contribution >= 0.6 is 15.9 Å². The summed E-state index contributed by atoms with van der Waals surface area (Å²) in [5.74, 6) is 1.41. The van der Waals surface area contributed by atoms with Gasteiger partial charge in [0.2, 0.25) is 0 Å². The molecule has 1 unspecified atom stereocenters. The predicted molar refractivity (Wildman–Crippen MR) is 67.1 cm³/mol. The number of ether oxygens (including phenoxy) is 1. The Bertz CT molecular complexity index is 284. The van der Waals surface area contributed by atoms with E-state index in [1.54, 1.807) is 0 Å². The van der Waals surface area contributed by atoms with E-state index in [-0.39, 0.29) is 6.04 Å². The van der Waals surface area contributed by atoms with Crippen molar-refractivity contribution in [2.45, 2.75) is 26.3 Å². The summed E-state index contributed by atoms with van der Waals surface area (Å²) in [6, 6.07) is 8.06. The minimum atomic E-state index is 0.223. The molecule has 0 spiro atoms. The number of rotatable bonds is 5. The summed E-state index contributed by atoms with van der Waals surface area (Å²) in [4.78, 5) is 0. The first kappa shape index (κ1) is 12.5. The number of hydrogen-bond donors (Lipinski definition) is 1. The summed E-state index contributed by atoms with van der Waals surface area (Å²) in [7, 11) is 0. The van der Waals surface area contributed by atoms with Crippen molar-refractivity contribution >= 4 is 15.9 Å². The molecule has 3 heteroatoms. The Hall–Kier alpha value is -0.540. The topological polar surface area (TPSA) is 35.2 Å².